The molecule has 23 heavy (non-hydrogen) atoms. The summed E-state index contributed by atoms with van der Waals surface area (Å²) in [6.45, 7) is 2.51. The molecule has 1 fully saturated rings. The molecule has 118 valence electrons. The predicted octanol–water partition coefficient (Wildman–Crippen LogP) is 3.29. The van der Waals surface area contributed by atoms with E-state index in [4.69, 9.17) is 0 Å². The lowest BCUT2D eigenvalue weighted by Gasteiger charge is -2.17. The van der Waals surface area contributed by atoms with Gasteiger partial charge in [-0.2, -0.15) is 0 Å². The Morgan fingerprint density at radius 1 is 1.22 bits per heavy atom. The van der Waals surface area contributed by atoms with Crippen molar-refractivity contribution in [2.75, 3.05) is 11.4 Å². The van der Waals surface area contributed by atoms with E-state index in [1.807, 2.05) is 43.3 Å². The number of hydrogen-bond acceptors (Lipinski definition) is 2. The van der Waals surface area contributed by atoms with Crippen LogP contribution < -0.4 is 10.2 Å². The van der Waals surface area contributed by atoms with Gasteiger partial charge in [0.25, 0.3) is 5.91 Å². The van der Waals surface area contributed by atoms with Crippen molar-refractivity contribution in [3.05, 3.63) is 64.1 Å². The van der Waals surface area contributed by atoms with Crippen LogP contribution in [0.3, 0.4) is 0 Å². The summed E-state index contributed by atoms with van der Waals surface area (Å²) in [7, 11) is 0. The summed E-state index contributed by atoms with van der Waals surface area (Å²) in [5.41, 5.74) is 2.61. The predicted molar refractivity (Wildman–Crippen MR) is 93.5 cm³/mol. The normalized spacial score (nSPS) is 17.4. The molecule has 1 heterocycles. The topological polar surface area (TPSA) is 49.4 Å². The second-order valence-electron chi connectivity index (χ2n) is 5.72. The number of hydrogen-bond donors (Lipinski definition) is 1. The minimum atomic E-state index is -0.171. The maximum Gasteiger partial charge on any atom is 0.251 e. The monoisotopic (exact) mass is 372 g/mol. The Bertz CT molecular complexity index is 743. The van der Waals surface area contributed by atoms with E-state index in [0.29, 0.717) is 18.5 Å². The minimum Gasteiger partial charge on any atom is -0.347 e. The number of nitrogens with one attached hydrogen (secondary N) is 1. The molecule has 2 aromatic rings. The van der Waals surface area contributed by atoms with E-state index >= 15 is 0 Å². The molecule has 2 amide bonds. The van der Waals surface area contributed by atoms with Crippen molar-refractivity contribution in [3.63, 3.8) is 0 Å². The van der Waals surface area contributed by atoms with E-state index < -0.39 is 0 Å². The highest BCUT2D eigenvalue weighted by Gasteiger charge is 2.31. The zero-order chi connectivity index (χ0) is 16.4. The average molecular weight is 373 g/mol. The molecule has 1 aliphatic heterocycles. The standard InChI is InChI=1S/C18H17BrN2O2/c1-12-5-7-16(8-6-12)21-11-15(10-17(21)22)20-18(23)13-3-2-4-14(19)9-13/h2-9,15H,10-11H2,1H3,(H,20,23)/t15-/m1/s1. The Labute approximate surface area is 143 Å². The quantitative estimate of drug-likeness (QED) is 0.898. The van der Waals surface area contributed by atoms with Crippen molar-refractivity contribution in [1.82, 2.24) is 5.32 Å². The lowest BCUT2D eigenvalue weighted by Crippen LogP contribution is -2.37. The molecule has 3 rings (SSSR count). The van der Waals surface area contributed by atoms with Crippen LogP contribution >= 0.6 is 15.9 Å². The Kier molecular flexibility index (Phi) is 4.48. The van der Waals surface area contributed by atoms with Gasteiger partial charge in [0.1, 0.15) is 0 Å². The molecule has 0 bridgehead atoms. The van der Waals surface area contributed by atoms with E-state index in [0.717, 1.165) is 15.7 Å². The zero-order valence-corrected chi connectivity index (χ0v) is 14.3. The van der Waals surface area contributed by atoms with Gasteiger partial charge in [-0.15, -0.1) is 0 Å². The number of benzene rings is 2. The lowest BCUT2D eigenvalue weighted by molar-refractivity contribution is -0.117. The summed E-state index contributed by atoms with van der Waals surface area (Å²) >= 11 is 3.36. The Balaban J connectivity index is 1.68. The molecule has 0 saturated carbocycles. The van der Waals surface area contributed by atoms with Crippen LogP contribution in [0.25, 0.3) is 0 Å². The van der Waals surface area contributed by atoms with Crippen molar-refractivity contribution in [1.29, 1.82) is 0 Å². The number of carbonyl (C=O) groups is 2. The van der Waals surface area contributed by atoms with Gasteiger partial charge in [0.05, 0.1) is 6.04 Å². The van der Waals surface area contributed by atoms with Crippen molar-refractivity contribution in [2.24, 2.45) is 0 Å². The highest BCUT2D eigenvalue weighted by molar-refractivity contribution is 9.10. The molecule has 0 spiro atoms. The van der Waals surface area contributed by atoms with Crippen LogP contribution in [0.5, 0.6) is 0 Å². The van der Waals surface area contributed by atoms with E-state index in [-0.39, 0.29) is 17.9 Å². The molecular formula is C18H17BrN2O2. The van der Waals surface area contributed by atoms with Gasteiger partial charge in [0.2, 0.25) is 5.91 Å². The average Bonchev–Trinajstić information content (AvgIpc) is 2.88. The second-order valence-corrected chi connectivity index (χ2v) is 6.64. The van der Waals surface area contributed by atoms with E-state index in [2.05, 4.69) is 21.2 Å². The Hall–Kier alpha value is -2.14. The smallest absolute Gasteiger partial charge is 0.251 e. The van der Waals surface area contributed by atoms with Gasteiger partial charge in [0, 0.05) is 28.7 Å². The molecule has 1 atom stereocenters. The third-order valence-electron chi connectivity index (χ3n) is 3.89. The molecule has 1 aliphatic rings. The SMILES string of the molecule is Cc1ccc(N2C[C@H](NC(=O)c3cccc(Br)c3)CC2=O)cc1. The fourth-order valence-electron chi connectivity index (χ4n) is 2.68. The van der Waals surface area contributed by atoms with Gasteiger partial charge in [-0.3, -0.25) is 9.59 Å². The summed E-state index contributed by atoms with van der Waals surface area (Å²) in [4.78, 5) is 26.2. The second kappa shape index (κ2) is 6.54. The van der Waals surface area contributed by atoms with Crippen LogP contribution in [0.1, 0.15) is 22.3 Å². The molecule has 2 aromatic carbocycles. The summed E-state index contributed by atoms with van der Waals surface area (Å²) in [5, 5.41) is 2.94. The van der Waals surface area contributed by atoms with Crippen molar-refractivity contribution in [2.45, 2.75) is 19.4 Å². The molecule has 0 unspecified atom stereocenters. The third kappa shape index (κ3) is 3.62. The molecule has 0 aliphatic carbocycles. The largest absolute Gasteiger partial charge is 0.347 e. The Morgan fingerprint density at radius 3 is 2.65 bits per heavy atom. The van der Waals surface area contributed by atoms with Crippen LogP contribution in [0.15, 0.2) is 53.0 Å². The summed E-state index contributed by atoms with van der Waals surface area (Å²) in [5.74, 6) is -0.122. The van der Waals surface area contributed by atoms with Crippen LogP contribution in [0.2, 0.25) is 0 Å². The molecule has 5 heteroatoms. The Morgan fingerprint density at radius 2 is 1.96 bits per heavy atom. The molecule has 0 aromatic heterocycles. The highest BCUT2D eigenvalue weighted by atomic mass is 79.9. The first-order chi connectivity index (χ1) is 11.0. The summed E-state index contributed by atoms with van der Waals surface area (Å²) in [6.07, 6.45) is 0.327. The number of amides is 2. The number of nitrogens with zero attached hydrogens (tertiary/aromatic N) is 1. The first-order valence-corrected chi connectivity index (χ1v) is 8.26. The number of anilines is 1. The summed E-state index contributed by atoms with van der Waals surface area (Å²) < 4.78 is 0.855. The maximum atomic E-state index is 12.3. The number of halogens is 1. The van der Waals surface area contributed by atoms with Crippen molar-refractivity contribution < 1.29 is 9.59 Å². The van der Waals surface area contributed by atoms with Crippen LogP contribution in [-0.4, -0.2) is 24.4 Å². The molecule has 4 nitrogen and oxygen atoms in total. The first kappa shape index (κ1) is 15.7. The van der Waals surface area contributed by atoms with Gasteiger partial charge in [-0.25, -0.2) is 0 Å². The van der Waals surface area contributed by atoms with Gasteiger partial charge < -0.3 is 10.2 Å². The number of aryl methyl sites for hydroxylation is 1. The van der Waals surface area contributed by atoms with Gasteiger partial charge in [-0.05, 0) is 37.3 Å². The molecule has 1 N–H and O–H groups in total. The zero-order valence-electron chi connectivity index (χ0n) is 12.8. The fraction of sp³-hybridized carbons (Fsp3) is 0.222. The molecular weight excluding hydrogens is 356 g/mol. The first-order valence-electron chi connectivity index (χ1n) is 7.46. The third-order valence-corrected chi connectivity index (χ3v) is 4.39. The maximum absolute atomic E-state index is 12.3. The lowest BCUT2D eigenvalue weighted by atomic mass is 10.2. The van der Waals surface area contributed by atoms with Gasteiger partial charge in [0.15, 0.2) is 0 Å². The molecule has 1 saturated heterocycles. The van der Waals surface area contributed by atoms with Crippen molar-refractivity contribution in [3.8, 4) is 0 Å². The molecule has 0 radical (unpaired) electrons. The van der Waals surface area contributed by atoms with Crippen LogP contribution in [0, 0.1) is 6.92 Å². The van der Waals surface area contributed by atoms with Crippen molar-refractivity contribution >= 4 is 33.4 Å². The summed E-state index contributed by atoms with van der Waals surface area (Å²) in [6, 6.07) is 14.9. The van der Waals surface area contributed by atoms with E-state index in [1.165, 1.54) is 0 Å². The van der Waals surface area contributed by atoms with Gasteiger partial charge in [-0.1, -0.05) is 39.7 Å². The fourth-order valence-corrected chi connectivity index (χ4v) is 3.08. The highest BCUT2D eigenvalue weighted by Crippen LogP contribution is 2.22. The minimum absolute atomic E-state index is 0.0356. The van der Waals surface area contributed by atoms with Crippen LogP contribution in [-0.2, 0) is 4.79 Å². The van der Waals surface area contributed by atoms with E-state index in [1.54, 1.807) is 17.0 Å². The van der Waals surface area contributed by atoms with Gasteiger partial charge >= 0.3 is 0 Å². The number of rotatable bonds is 3. The van der Waals surface area contributed by atoms with E-state index in [9.17, 15) is 9.59 Å². The number of carbonyl (C=O) groups excluding carboxylic acids is 2. The van der Waals surface area contributed by atoms with Crippen LogP contribution in [0.4, 0.5) is 5.69 Å².